The number of nitrogens with zero attached hydrogens (tertiary/aromatic N) is 1. The van der Waals surface area contributed by atoms with Crippen LogP contribution in [0, 0.1) is 5.82 Å². The van der Waals surface area contributed by atoms with Crippen molar-refractivity contribution in [2.45, 2.75) is 32.0 Å². The molecule has 1 unspecified atom stereocenters. The first kappa shape index (κ1) is 19.8. The molecule has 1 aliphatic rings. The highest BCUT2D eigenvalue weighted by molar-refractivity contribution is 6.06. The van der Waals surface area contributed by atoms with Gasteiger partial charge in [0, 0.05) is 25.1 Å². The van der Waals surface area contributed by atoms with Crippen LogP contribution in [0.15, 0.2) is 61.2 Å². The van der Waals surface area contributed by atoms with Gasteiger partial charge in [-0.05, 0) is 30.7 Å². The predicted molar refractivity (Wildman–Crippen MR) is 102 cm³/mol. The molecule has 6 heteroatoms. The van der Waals surface area contributed by atoms with Crippen molar-refractivity contribution in [3.05, 3.63) is 78.1 Å². The molecule has 2 aromatic rings. The third-order valence-corrected chi connectivity index (χ3v) is 4.73. The van der Waals surface area contributed by atoms with E-state index in [1.807, 2.05) is 30.3 Å². The molecule has 0 bridgehead atoms. The SMILES string of the molecule is C=CCC1(C(=O)OCC)C(=O)Oc2ccc(F)cc2CN1Cc1ccccc1. The van der Waals surface area contributed by atoms with Gasteiger partial charge >= 0.3 is 11.9 Å². The van der Waals surface area contributed by atoms with Gasteiger partial charge in [-0.15, -0.1) is 6.58 Å². The third kappa shape index (κ3) is 3.68. The second-order valence-corrected chi connectivity index (χ2v) is 6.56. The van der Waals surface area contributed by atoms with Gasteiger partial charge < -0.3 is 9.47 Å². The fourth-order valence-electron chi connectivity index (χ4n) is 3.39. The standard InChI is InChI=1S/C22H22FNO4/c1-3-12-22(20(25)27-4-2)21(26)28-19-11-10-18(23)13-17(19)15-24(22)14-16-8-6-5-7-9-16/h3,5-11,13H,1,4,12,14-15H2,2H3. The lowest BCUT2D eigenvalue weighted by molar-refractivity contribution is -0.170. The molecule has 0 radical (unpaired) electrons. The van der Waals surface area contributed by atoms with E-state index >= 15 is 0 Å². The van der Waals surface area contributed by atoms with E-state index in [-0.39, 0.29) is 31.9 Å². The molecular weight excluding hydrogens is 361 g/mol. The van der Waals surface area contributed by atoms with Gasteiger partial charge in [0.15, 0.2) is 0 Å². The Bertz CT molecular complexity index is 883. The first-order valence-electron chi connectivity index (χ1n) is 9.09. The molecule has 0 spiro atoms. The van der Waals surface area contributed by atoms with Crippen LogP contribution in [0.5, 0.6) is 5.75 Å². The van der Waals surface area contributed by atoms with Crippen LogP contribution in [-0.2, 0) is 27.4 Å². The first-order chi connectivity index (χ1) is 13.5. The Balaban J connectivity index is 2.13. The highest BCUT2D eigenvalue weighted by Gasteiger charge is 2.54. The van der Waals surface area contributed by atoms with Gasteiger partial charge in [0.2, 0.25) is 5.54 Å². The highest BCUT2D eigenvalue weighted by atomic mass is 19.1. The van der Waals surface area contributed by atoms with E-state index in [1.54, 1.807) is 11.8 Å². The van der Waals surface area contributed by atoms with E-state index in [4.69, 9.17) is 9.47 Å². The Labute approximate surface area is 163 Å². The lowest BCUT2D eigenvalue weighted by atomic mass is 9.91. The maximum atomic E-state index is 13.8. The summed E-state index contributed by atoms with van der Waals surface area (Å²) in [7, 11) is 0. The van der Waals surface area contributed by atoms with E-state index < -0.39 is 23.3 Å². The summed E-state index contributed by atoms with van der Waals surface area (Å²) >= 11 is 0. The number of hydrogen-bond donors (Lipinski definition) is 0. The number of carbonyl (C=O) groups is 2. The third-order valence-electron chi connectivity index (χ3n) is 4.73. The molecule has 3 rings (SSSR count). The molecule has 0 fully saturated rings. The maximum absolute atomic E-state index is 13.8. The molecule has 0 aromatic heterocycles. The van der Waals surface area contributed by atoms with E-state index in [2.05, 4.69) is 6.58 Å². The highest BCUT2D eigenvalue weighted by Crippen LogP contribution is 2.35. The number of ether oxygens (including phenoxy) is 2. The van der Waals surface area contributed by atoms with Crippen LogP contribution in [0.1, 0.15) is 24.5 Å². The van der Waals surface area contributed by atoms with Gasteiger partial charge in [-0.25, -0.2) is 14.0 Å². The van der Waals surface area contributed by atoms with Crippen molar-refractivity contribution in [3.63, 3.8) is 0 Å². The van der Waals surface area contributed by atoms with E-state index in [0.717, 1.165) is 5.56 Å². The van der Waals surface area contributed by atoms with Gasteiger partial charge in [-0.3, -0.25) is 4.90 Å². The average Bonchev–Trinajstić information content (AvgIpc) is 2.78. The lowest BCUT2D eigenvalue weighted by Crippen LogP contribution is -2.60. The predicted octanol–water partition coefficient (Wildman–Crippen LogP) is 3.62. The summed E-state index contributed by atoms with van der Waals surface area (Å²) in [5, 5.41) is 0. The number of fused-ring (bicyclic) bond motifs is 1. The zero-order valence-corrected chi connectivity index (χ0v) is 15.7. The van der Waals surface area contributed by atoms with Crippen LogP contribution in [-0.4, -0.2) is 29.0 Å². The molecule has 146 valence electrons. The molecule has 0 aliphatic carbocycles. The van der Waals surface area contributed by atoms with Gasteiger partial charge in [-0.1, -0.05) is 36.4 Å². The Kier molecular flexibility index (Phi) is 5.90. The largest absolute Gasteiger partial charge is 0.464 e. The van der Waals surface area contributed by atoms with E-state index in [9.17, 15) is 14.0 Å². The summed E-state index contributed by atoms with van der Waals surface area (Å²) in [4.78, 5) is 27.9. The van der Waals surface area contributed by atoms with Crippen molar-refractivity contribution < 1.29 is 23.5 Å². The van der Waals surface area contributed by atoms with Crippen LogP contribution in [0.4, 0.5) is 4.39 Å². The normalized spacial score (nSPS) is 19.3. The minimum absolute atomic E-state index is 0.00791. The van der Waals surface area contributed by atoms with Gasteiger partial charge in [0.05, 0.1) is 6.61 Å². The lowest BCUT2D eigenvalue weighted by Gasteiger charge is -2.37. The summed E-state index contributed by atoms with van der Waals surface area (Å²) in [6, 6.07) is 13.4. The van der Waals surface area contributed by atoms with Crippen molar-refractivity contribution >= 4 is 11.9 Å². The smallest absolute Gasteiger partial charge is 0.344 e. The quantitative estimate of drug-likeness (QED) is 0.330. The molecule has 5 nitrogen and oxygen atoms in total. The second-order valence-electron chi connectivity index (χ2n) is 6.56. The topological polar surface area (TPSA) is 55.8 Å². The summed E-state index contributed by atoms with van der Waals surface area (Å²) in [6.45, 7) is 5.92. The van der Waals surface area contributed by atoms with Crippen molar-refractivity contribution in [1.82, 2.24) is 4.90 Å². The molecular formula is C22H22FNO4. The molecule has 0 saturated carbocycles. The van der Waals surface area contributed by atoms with E-state index in [0.29, 0.717) is 5.56 Å². The summed E-state index contributed by atoms with van der Waals surface area (Å²) in [6.07, 6.45) is 1.50. The van der Waals surface area contributed by atoms with Crippen molar-refractivity contribution in [3.8, 4) is 5.75 Å². The van der Waals surface area contributed by atoms with Gasteiger partial charge in [0.25, 0.3) is 0 Å². The van der Waals surface area contributed by atoms with Gasteiger partial charge in [0.1, 0.15) is 11.6 Å². The zero-order chi connectivity index (χ0) is 20.1. The summed E-state index contributed by atoms with van der Waals surface area (Å²) in [5.41, 5.74) is -0.323. The Morgan fingerprint density at radius 2 is 2.07 bits per heavy atom. The fourth-order valence-corrected chi connectivity index (χ4v) is 3.39. The van der Waals surface area contributed by atoms with Crippen molar-refractivity contribution in [2.75, 3.05) is 6.61 Å². The number of halogens is 1. The van der Waals surface area contributed by atoms with Crippen LogP contribution in [0.3, 0.4) is 0 Å². The number of rotatable bonds is 6. The van der Waals surface area contributed by atoms with Crippen LogP contribution < -0.4 is 4.74 Å². The van der Waals surface area contributed by atoms with Gasteiger partial charge in [-0.2, -0.15) is 0 Å². The second kappa shape index (κ2) is 8.35. The Morgan fingerprint density at radius 3 is 2.75 bits per heavy atom. The zero-order valence-electron chi connectivity index (χ0n) is 15.7. The Morgan fingerprint density at radius 1 is 1.32 bits per heavy atom. The van der Waals surface area contributed by atoms with E-state index in [1.165, 1.54) is 24.3 Å². The molecule has 0 saturated heterocycles. The molecule has 1 atom stereocenters. The molecule has 28 heavy (non-hydrogen) atoms. The van der Waals surface area contributed by atoms with Crippen LogP contribution in [0.25, 0.3) is 0 Å². The average molecular weight is 383 g/mol. The molecule has 0 amide bonds. The fraction of sp³-hybridized carbons (Fsp3) is 0.273. The number of esters is 2. The molecule has 1 aliphatic heterocycles. The molecule has 0 N–H and O–H groups in total. The van der Waals surface area contributed by atoms with Crippen LogP contribution in [0.2, 0.25) is 0 Å². The number of hydrogen-bond acceptors (Lipinski definition) is 5. The molecule has 1 heterocycles. The van der Waals surface area contributed by atoms with Crippen LogP contribution >= 0.6 is 0 Å². The van der Waals surface area contributed by atoms with Crippen molar-refractivity contribution in [1.29, 1.82) is 0 Å². The Hall–Kier alpha value is -2.99. The monoisotopic (exact) mass is 383 g/mol. The van der Waals surface area contributed by atoms with Crippen molar-refractivity contribution in [2.24, 2.45) is 0 Å². The number of benzene rings is 2. The minimum atomic E-state index is -1.71. The minimum Gasteiger partial charge on any atom is -0.464 e. The summed E-state index contributed by atoms with van der Waals surface area (Å²) in [5.74, 6) is -1.67. The number of carbonyl (C=O) groups excluding carboxylic acids is 2. The maximum Gasteiger partial charge on any atom is 0.344 e. The first-order valence-corrected chi connectivity index (χ1v) is 9.09. The summed E-state index contributed by atoms with van der Waals surface area (Å²) < 4.78 is 24.6. The molecule has 2 aromatic carbocycles.